The zero-order valence-corrected chi connectivity index (χ0v) is 21.1. The Labute approximate surface area is 203 Å². The van der Waals surface area contributed by atoms with Gasteiger partial charge in [0.1, 0.15) is 0 Å². The number of ether oxygens (including phenoxy) is 2. The molecule has 2 heterocycles. The van der Waals surface area contributed by atoms with Gasteiger partial charge in [0.2, 0.25) is 12.7 Å². The maximum Gasteiger partial charge on any atom is 0.335 e. The summed E-state index contributed by atoms with van der Waals surface area (Å²) in [5.41, 5.74) is 2.77. The summed E-state index contributed by atoms with van der Waals surface area (Å²) >= 11 is 1.35. The monoisotopic (exact) mass is 505 g/mol. The highest BCUT2D eigenvalue weighted by atomic mass is 32.2. The van der Waals surface area contributed by atoms with Crippen molar-refractivity contribution in [3.63, 3.8) is 0 Å². The molecule has 0 fully saturated rings. The third-order valence-electron chi connectivity index (χ3n) is 5.55. The van der Waals surface area contributed by atoms with Gasteiger partial charge in [0.05, 0.1) is 29.9 Å². The molecule has 2 aromatic rings. The molecule has 4 rings (SSSR count). The van der Waals surface area contributed by atoms with Crippen molar-refractivity contribution in [1.29, 1.82) is 0 Å². The van der Waals surface area contributed by atoms with Gasteiger partial charge in [-0.1, -0.05) is 12.1 Å². The molecule has 2 aromatic carbocycles. The minimum atomic E-state index is -3.20. The molecule has 0 saturated heterocycles. The lowest BCUT2D eigenvalue weighted by Gasteiger charge is -2.18. The first-order chi connectivity index (χ1) is 16.3. The first-order valence-corrected chi connectivity index (χ1v) is 13.9. The SMILES string of the molecule is CCOP(=O)(Cc1ccc(NC(=O)C2Cc3cc4c(cc3C(=O)[C@@H](C)S2)OCO4)cc1)OCC. The molecule has 0 saturated carbocycles. The van der Waals surface area contributed by atoms with E-state index >= 15 is 0 Å². The number of carbonyl (C=O) groups is 2. The van der Waals surface area contributed by atoms with Crippen LogP contribution in [0.4, 0.5) is 5.69 Å². The summed E-state index contributed by atoms with van der Waals surface area (Å²) in [5.74, 6) is 0.950. The van der Waals surface area contributed by atoms with Crippen LogP contribution < -0.4 is 14.8 Å². The number of thioether (sulfide) groups is 1. The third kappa shape index (κ3) is 5.49. The van der Waals surface area contributed by atoms with Crippen molar-refractivity contribution in [2.45, 2.75) is 43.9 Å². The molecule has 8 nitrogen and oxygen atoms in total. The average Bonchev–Trinajstić information content (AvgIpc) is 3.21. The van der Waals surface area contributed by atoms with Gasteiger partial charge in [0.25, 0.3) is 0 Å². The third-order valence-corrected chi connectivity index (χ3v) is 8.94. The van der Waals surface area contributed by atoms with E-state index < -0.39 is 12.8 Å². The summed E-state index contributed by atoms with van der Waals surface area (Å²) in [4.78, 5) is 26.0. The van der Waals surface area contributed by atoms with Crippen LogP contribution in [0, 0.1) is 0 Å². The quantitative estimate of drug-likeness (QED) is 0.498. The number of anilines is 1. The predicted octanol–water partition coefficient (Wildman–Crippen LogP) is 5.05. The predicted molar refractivity (Wildman–Crippen MR) is 131 cm³/mol. The van der Waals surface area contributed by atoms with Crippen molar-refractivity contribution in [1.82, 2.24) is 0 Å². The largest absolute Gasteiger partial charge is 0.454 e. The topological polar surface area (TPSA) is 100 Å². The molecule has 0 aliphatic carbocycles. The first-order valence-electron chi connectivity index (χ1n) is 11.2. The van der Waals surface area contributed by atoms with Crippen molar-refractivity contribution >= 4 is 36.7 Å². The second kappa shape index (κ2) is 10.5. The number of hydrogen-bond acceptors (Lipinski definition) is 8. The molecule has 1 unspecified atom stereocenters. The van der Waals surface area contributed by atoms with E-state index in [1.165, 1.54) is 11.8 Å². The van der Waals surface area contributed by atoms with Crippen LogP contribution in [0.15, 0.2) is 36.4 Å². The van der Waals surface area contributed by atoms with E-state index in [4.69, 9.17) is 18.5 Å². The summed E-state index contributed by atoms with van der Waals surface area (Å²) < 4.78 is 34.3. The summed E-state index contributed by atoms with van der Waals surface area (Å²) in [6, 6.07) is 10.6. The van der Waals surface area contributed by atoms with Crippen LogP contribution in [-0.4, -0.2) is 42.2 Å². The van der Waals surface area contributed by atoms with Crippen molar-refractivity contribution in [2.75, 3.05) is 25.3 Å². The van der Waals surface area contributed by atoms with Crippen LogP contribution in [0.1, 0.15) is 42.3 Å². The molecule has 2 atom stereocenters. The van der Waals surface area contributed by atoms with Crippen LogP contribution in [0.3, 0.4) is 0 Å². The van der Waals surface area contributed by atoms with Crippen LogP contribution in [-0.2, 0) is 31.0 Å². The van der Waals surface area contributed by atoms with Crippen LogP contribution in [0.2, 0.25) is 0 Å². The van der Waals surface area contributed by atoms with E-state index in [0.29, 0.717) is 42.4 Å². The Balaban J connectivity index is 1.46. The Bertz CT molecular complexity index is 1110. The molecule has 0 spiro atoms. The fraction of sp³-hybridized carbons (Fsp3) is 0.417. The van der Waals surface area contributed by atoms with E-state index in [2.05, 4.69) is 5.32 Å². The lowest BCUT2D eigenvalue weighted by Crippen LogP contribution is -2.28. The highest BCUT2D eigenvalue weighted by Gasteiger charge is 2.34. The minimum Gasteiger partial charge on any atom is -0.454 e. The maximum absolute atomic E-state index is 13.1. The molecule has 0 radical (unpaired) electrons. The smallest absolute Gasteiger partial charge is 0.335 e. The van der Waals surface area contributed by atoms with Crippen molar-refractivity contribution < 1.29 is 32.7 Å². The first kappa shape index (κ1) is 24.8. The molecule has 2 aliphatic heterocycles. The van der Waals surface area contributed by atoms with Gasteiger partial charge in [-0.05, 0) is 62.6 Å². The average molecular weight is 506 g/mol. The number of Topliss-reactive ketones (excluding diaryl/α,β-unsaturated/α-hetero) is 1. The number of ketones is 1. The van der Waals surface area contributed by atoms with E-state index in [-0.39, 0.29) is 29.9 Å². The Kier molecular flexibility index (Phi) is 7.67. The number of amides is 1. The van der Waals surface area contributed by atoms with Gasteiger partial charge in [0.15, 0.2) is 17.3 Å². The van der Waals surface area contributed by atoms with Gasteiger partial charge in [-0.15, -0.1) is 11.8 Å². The minimum absolute atomic E-state index is 0.0222. The lowest BCUT2D eigenvalue weighted by molar-refractivity contribution is -0.115. The molecule has 10 heteroatoms. The zero-order valence-electron chi connectivity index (χ0n) is 19.4. The van der Waals surface area contributed by atoms with E-state index in [0.717, 1.165) is 11.1 Å². The van der Waals surface area contributed by atoms with Gasteiger partial charge >= 0.3 is 7.60 Å². The Hall–Kier alpha value is -2.32. The molecule has 0 aromatic heterocycles. The number of rotatable bonds is 8. The molecule has 182 valence electrons. The summed E-state index contributed by atoms with van der Waals surface area (Å²) in [7, 11) is -3.20. The standard InChI is InChI=1S/C24H28NO7PS/c1-4-31-33(28,32-5-2)13-16-6-8-18(9-7-16)25-24(27)22-11-17-10-20-21(30-14-29-20)12-19(17)23(26)15(3)34-22/h6-10,12,15,22H,4-5,11,13-14H2,1-3H3,(H,25,27)/t15-,22?/m1/s1. The number of fused-ring (bicyclic) bond motifs is 2. The van der Waals surface area contributed by atoms with Gasteiger partial charge in [-0.25, -0.2) is 0 Å². The van der Waals surface area contributed by atoms with Gasteiger partial charge in [-0.3, -0.25) is 14.2 Å². The molecular weight excluding hydrogens is 477 g/mol. The molecular formula is C24H28NO7PS. The normalized spacial score (nSPS) is 19.4. The fourth-order valence-corrected chi connectivity index (χ4v) is 6.88. The Morgan fingerprint density at radius 1 is 1.12 bits per heavy atom. The van der Waals surface area contributed by atoms with Crippen LogP contribution in [0.25, 0.3) is 0 Å². The fourth-order valence-electron chi connectivity index (χ4n) is 3.97. The number of hydrogen-bond donors (Lipinski definition) is 1. The highest BCUT2D eigenvalue weighted by Crippen LogP contribution is 2.51. The Morgan fingerprint density at radius 2 is 1.76 bits per heavy atom. The maximum atomic E-state index is 13.1. The second-order valence-corrected chi connectivity index (χ2v) is 11.6. The summed E-state index contributed by atoms with van der Waals surface area (Å²) in [6.07, 6.45) is 0.566. The summed E-state index contributed by atoms with van der Waals surface area (Å²) in [5, 5.41) is 2.12. The zero-order chi connectivity index (χ0) is 24.3. The number of benzene rings is 2. The molecule has 0 bridgehead atoms. The molecule has 1 N–H and O–H groups in total. The van der Waals surface area contributed by atoms with Gasteiger partial charge in [-0.2, -0.15) is 0 Å². The molecule has 2 aliphatic rings. The van der Waals surface area contributed by atoms with Crippen molar-refractivity contribution in [3.8, 4) is 11.5 Å². The second-order valence-electron chi connectivity index (χ2n) is 7.99. The Morgan fingerprint density at radius 3 is 2.41 bits per heavy atom. The summed E-state index contributed by atoms with van der Waals surface area (Å²) in [6.45, 7) is 6.10. The van der Waals surface area contributed by atoms with Crippen LogP contribution >= 0.6 is 19.4 Å². The lowest BCUT2D eigenvalue weighted by atomic mass is 9.97. The highest BCUT2D eigenvalue weighted by molar-refractivity contribution is 8.02. The number of carbonyl (C=O) groups excluding carboxylic acids is 2. The molecule has 1 amide bonds. The van der Waals surface area contributed by atoms with Crippen LogP contribution in [0.5, 0.6) is 11.5 Å². The van der Waals surface area contributed by atoms with Crippen molar-refractivity contribution in [2.24, 2.45) is 0 Å². The molecule has 34 heavy (non-hydrogen) atoms. The van der Waals surface area contributed by atoms with E-state index in [1.54, 1.807) is 50.2 Å². The van der Waals surface area contributed by atoms with E-state index in [9.17, 15) is 14.2 Å². The van der Waals surface area contributed by atoms with Gasteiger partial charge < -0.3 is 23.8 Å². The van der Waals surface area contributed by atoms with Gasteiger partial charge in [0, 0.05) is 11.3 Å². The van der Waals surface area contributed by atoms with Crippen molar-refractivity contribution in [3.05, 3.63) is 53.1 Å². The number of nitrogens with one attached hydrogen (secondary N) is 1. The van der Waals surface area contributed by atoms with E-state index in [1.807, 2.05) is 6.92 Å².